The normalized spacial score (nSPS) is 19.3. The van der Waals surface area contributed by atoms with Crippen LogP contribution in [0.5, 0.6) is 11.5 Å². The van der Waals surface area contributed by atoms with Crippen molar-refractivity contribution >= 4 is 11.0 Å². The number of fused-ring (bicyclic) bond motifs is 5. The molecule has 2 aromatic carbocycles. The summed E-state index contributed by atoms with van der Waals surface area (Å²) in [5.41, 5.74) is 3.86. The molecule has 2 aliphatic heterocycles. The standard InChI is InChI=1S/C29H28N2O5/c1-17-22-10-11-25(32)23(28(22)36-29(34)27(17)19-6-8-21(35-2)9-7-19)16-30-13-18-12-20(15-30)24-4-3-5-26(33)31(24)14-18/h3-11,18,20,32H,12-16H2,1-2H3/t18-,20+/m1/s1. The molecule has 1 fully saturated rings. The minimum atomic E-state index is -0.430. The number of pyridine rings is 1. The number of likely N-dealkylation sites (tertiary alicyclic amines) is 1. The second-order valence-corrected chi connectivity index (χ2v) is 9.95. The fraction of sp³-hybridized carbons (Fsp3) is 0.310. The first-order chi connectivity index (χ1) is 17.4. The van der Waals surface area contributed by atoms with Gasteiger partial charge in [-0.05, 0) is 60.7 Å². The van der Waals surface area contributed by atoms with Gasteiger partial charge in [-0.1, -0.05) is 18.2 Å². The summed E-state index contributed by atoms with van der Waals surface area (Å²) < 4.78 is 13.0. The number of phenols is 1. The van der Waals surface area contributed by atoms with Gasteiger partial charge < -0.3 is 18.8 Å². The molecule has 0 saturated carbocycles. The summed E-state index contributed by atoms with van der Waals surface area (Å²) in [6, 6.07) is 16.3. The lowest BCUT2D eigenvalue weighted by atomic mass is 9.83. The van der Waals surface area contributed by atoms with Gasteiger partial charge in [0.1, 0.15) is 17.1 Å². The van der Waals surface area contributed by atoms with Gasteiger partial charge in [-0.2, -0.15) is 0 Å². The molecule has 1 N–H and O–H groups in total. The molecule has 0 amide bonds. The molecule has 4 heterocycles. The van der Waals surface area contributed by atoms with E-state index >= 15 is 0 Å². The summed E-state index contributed by atoms with van der Waals surface area (Å²) in [6.45, 7) is 4.70. The number of ether oxygens (including phenoxy) is 1. The number of methoxy groups -OCH3 is 1. The van der Waals surface area contributed by atoms with Crippen LogP contribution in [-0.4, -0.2) is 34.8 Å². The molecular formula is C29H28N2O5. The molecular weight excluding hydrogens is 456 g/mol. The van der Waals surface area contributed by atoms with Crippen LogP contribution in [0, 0.1) is 12.8 Å². The Labute approximate surface area is 208 Å². The Morgan fingerprint density at radius 2 is 1.83 bits per heavy atom. The number of hydrogen-bond acceptors (Lipinski definition) is 6. The maximum atomic E-state index is 13.2. The molecule has 0 unspecified atom stereocenters. The summed E-state index contributed by atoms with van der Waals surface area (Å²) in [5.74, 6) is 1.46. The van der Waals surface area contributed by atoms with Crippen molar-refractivity contribution in [2.24, 2.45) is 5.92 Å². The van der Waals surface area contributed by atoms with E-state index in [0.29, 0.717) is 41.5 Å². The van der Waals surface area contributed by atoms with Gasteiger partial charge in [0.25, 0.3) is 5.56 Å². The SMILES string of the molecule is COc1ccc(-c2c(C)c3ccc(O)c(CN4C[C@H]5C[C@@H](C4)c4cccc(=O)n4C5)c3oc2=O)cc1. The number of hydrogen-bond donors (Lipinski definition) is 1. The van der Waals surface area contributed by atoms with Crippen molar-refractivity contribution in [3.05, 3.63) is 92.2 Å². The van der Waals surface area contributed by atoms with Crippen LogP contribution in [0.1, 0.15) is 29.2 Å². The van der Waals surface area contributed by atoms with E-state index in [-0.39, 0.29) is 17.2 Å². The molecule has 2 atom stereocenters. The third-order valence-electron chi connectivity index (χ3n) is 7.73. The molecule has 7 nitrogen and oxygen atoms in total. The lowest BCUT2D eigenvalue weighted by Crippen LogP contribution is -2.46. The number of rotatable bonds is 4. The van der Waals surface area contributed by atoms with E-state index in [0.717, 1.165) is 41.7 Å². The molecule has 1 saturated heterocycles. The number of phenolic OH excluding ortho intramolecular Hbond substituents is 1. The van der Waals surface area contributed by atoms with Crippen molar-refractivity contribution in [2.75, 3.05) is 20.2 Å². The number of benzene rings is 2. The molecule has 7 heteroatoms. The molecule has 6 rings (SSSR count). The van der Waals surface area contributed by atoms with Crippen LogP contribution in [0.3, 0.4) is 0 Å². The summed E-state index contributed by atoms with van der Waals surface area (Å²) in [4.78, 5) is 27.8. The summed E-state index contributed by atoms with van der Waals surface area (Å²) in [7, 11) is 1.60. The average Bonchev–Trinajstić information content (AvgIpc) is 2.87. The predicted molar refractivity (Wildman–Crippen MR) is 138 cm³/mol. The highest BCUT2D eigenvalue weighted by Crippen LogP contribution is 2.38. The van der Waals surface area contributed by atoms with Crippen LogP contribution < -0.4 is 15.9 Å². The fourth-order valence-corrected chi connectivity index (χ4v) is 6.05. The van der Waals surface area contributed by atoms with Gasteiger partial charge in [-0.15, -0.1) is 0 Å². The zero-order chi connectivity index (χ0) is 25.0. The molecule has 2 aromatic heterocycles. The lowest BCUT2D eigenvalue weighted by Gasteiger charge is -2.42. The molecule has 2 bridgehead atoms. The van der Waals surface area contributed by atoms with Crippen LogP contribution in [0.2, 0.25) is 0 Å². The molecule has 184 valence electrons. The van der Waals surface area contributed by atoms with Gasteiger partial charge in [-0.25, -0.2) is 4.79 Å². The van der Waals surface area contributed by atoms with Crippen LogP contribution in [0.15, 0.2) is 68.6 Å². The van der Waals surface area contributed by atoms with E-state index < -0.39 is 5.63 Å². The van der Waals surface area contributed by atoms with Crippen molar-refractivity contribution in [3.8, 4) is 22.6 Å². The van der Waals surface area contributed by atoms with Crippen LogP contribution in [0.4, 0.5) is 0 Å². The second kappa shape index (κ2) is 8.68. The largest absolute Gasteiger partial charge is 0.507 e. The van der Waals surface area contributed by atoms with Crippen molar-refractivity contribution < 1.29 is 14.3 Å². The molecule has 4 aromatic rings. The minimum Gasteiger partial charge on any atom is -0.507 e. The number of aryl methyl sites for hydroxylation is 1. The van der Waals surface area contributed by atoms with E-state index in [9.17, 15) is 14.7 Å². The molecule has 0 aliphatic carbocycles. The molecule has 0 spiro atoms. The average molecular weight is 485 g/mol. The van der Waals surface area contributed by atoms with E-state index in [1.807, 2.05) is 54.0 Å². The first kappa shape index (κ1) is 22.6. The van der Waals surface area contributed by atoms with Gasteiger partial charge in [0.05, 0.1) is 18.2 Å². The lowest BCUT2D eigenvalue weighted by molar-refractivity contribution is 0.113. The van der Waals surface area contributed by atoms with Crippen LogP contribution >= 0.6 is 0 Å². The van der Waals surface area contributed by atoms with Crippen molar-refractivity contribution in [1.29, 1.82) is 0 Å². The van der Waals surface area contributed by atoms with E-state index in [1.165, 1.54) is 0 Å². The number of aromatic nitrogens is 1. The highest BCUT2D eigenvalue weighted by Gasteiger charge is 2.35. The maximum Gasteiger partial charge on any atom is 0.344 e. The maximum absolute atomic E-state index is 13.2. The van der Waals surface area contributed by atoms with Crippen molar-refractivity contribution in [2.45, 2.75) is 32.4 Å². The van der Waals surface area contributed by atoms with Crippen LogP contribution in [-0.2, 0) is 13.1 Å². The Morgan fingerprint density at radius 1 is 1.03 bits per heavy atom. The summed E-state index contributed by atoms with van der Waals surface area (Å²) in [5, 5.41) is 11.6. The predicted octanol–water partition coefficient (Wildman–Crippen LogP) is 4.26. The third-order valence-corrected chi connectivity index (χ3v) is 7.73. The zero-order valence-corrected chi connectivity index (χ0v) is 20.4. The minimum absolute atomic E-state index is 0.0623. The number of aromatic hydroxyl groups is 1. The Bertz CT molecular complexity index is 1580. The topological polar surface area (TPSA) is 84.9 Å². The smallest absolute Gasteiger partial charge is 0.344 e. The number of nitrogens with zero attached hydrogens (tertiary/aromatic N) is 2. The van der Waals surface area contributed by atoms with Crippen LogP contribution in [0.25, 0.3) is 22.1 Å². The summed E-state index contributed by atoms with van der Waals surface area (Å²) in [6.07, 6.45) is 1.06. The van der Waals surface area contributed by atoms with Gasteiger partial charge in [0.2, 0.25) is 0 Å². The van der Waals surface area contributed by atoms with Gasteiger partial charge in [-0.3, -0.25) is 9.69 Å². The Morgan fingerprint density at radius 3 is 2.61 bits per heavy atom. The zero-order valence-electron chi connectivity index (χ0n) is 20.4. The van der Waals surface area contributed by atoms with E-state index in [1.54, 1.807) is 19.2 Å². The first-order valence-electron chi connectivity index (χ1n) is 12.3. The molecule has 2 aliphatic rings. The van der Waals surface area contributed by atoms with Crippen molar-refractivity contribution in [3.63, 3.8) is 0 Å². The highest BCUT2D eigenvalue weighted by atomic mass is 16.5. The Kier molecular flexibility index (Phi) is 5.45. The Balaban J connectivity index is 1.37. The first-order valence-corrected chi connectivity index (χ1v) is 12.3. The quantitative estimate of drug-likeness (QED) is 0.436. The Hall–Kier alpha value is -3.84. The highest BCUT2D eigenvalue weighted by molar-refractivity contribution is 5.89. The van der Waals surface area contributed by atoms with Gasteiger partial charge in [0.15, 0.2) is 0 Å². The third kappa shape index (κ3) is 3.71. The molecule has 36 heavy (non-hydrogen) atoms. The van der Waals surface area contributed by atoms with Crippen molar-refractivity contribution in [1.82, 2.24) is 9.47 Å². The fourth-order valence-electron chi connectivity index (χ4n) is 6.05. The molecule has 0 radical (unpaired) electrons. The monoisotopic (exact) mass is 484 g/mol. The van der Waals surface area contributed by atoms with E-state index in [4.69, 9.17) is 9.15 Å². The van der Waals surface area contributed by atoms with Gasteiger partial charge in [0, 0.05) is 49.2 Å². The van der Waals surface area contributed by atoms with E-state index in [2.05, 4.69) is 4.90 Å². The van der Waals surface area contributed by atoms with Gasteiger partial charge >= 0.3 is 5.63 Å². The second-order valence-electron chi connectivity index (χ2n) is 9.95. The number of piperidine rings is 1. The summed E-state index contributed by atoms with van der Waals surface area (Å²) >= 11 is 0.